The van der Waals surface area contributed by atoms with Crippen molar-refractivity contribution in [2.24, 2.45) is 0 Å². The van der Waals surface area contributed by atoms with Gasteiger partial charge in [-0.1, -0.05) is 0 Å². The van der Waals surface area contributed by atoms with E-state index in [-0.39, 0.29) is 0 Å². The Morgan fingerprint density at radius 2 is 2.11 bits per heavy atom. The van der Waals surface area contributed by atoms with Crippen molar-refractivity contribution in [3.8, 4) is 0 Å². The van der Waals surface area contributed by atoms with E-state index in [2.05, 4.69) is 17.1 Å². The Labute approximate surface area is 111 Å². The minimum Gasteiger partial charge on any atom is -0.385 e. The fraction of sp³-hybridized carbons (Fsp3) is 1.00. The average Bonchev–Trinajstić information content (AvgIpc) is 2.50. The fourth-order valence-electron chi connectivity index (χ4n) is 2.18. The lowest BCUT2D eigenvalue weighted by molar-refractivity contribution is 0.190. The monoisotopic (exact) mass is 278 g/mol. The van der Waals surface area contributed by atoms with E-state index in [9.17, 15) is 8.42 Å². The van der Waals surface area contributed by atoms with Gasteiger partial charge in [0, 0.05) is 32.8 Å². The van der Waals surface area contributed by atoms with Gasteiger partial charge in [-0.2, -0.15) is 0 Å². The van der Waals surface area contributed by atoms with Crippen LogP contribution in [0.5, 0.6) is 0 Å². The first kappa shape index (κ1) is 15.9. The highest BCUT2D eigenvalue weighted by molar-refractivity contribution is 7.91. The van der Waals surface area contributed by atoms with Crippen LogP contribution in [0.25, 0.3) is 0 Å². The maximum absolute atomic E-state index is 11.5. The van der Waals surface area contributed by atoms with Crippen LogP contribution in [0.3, 0.4) is 0 Å². The third kappa shape index (κ3) is 6.13. The van der Waals surface area contributed by atoms with Crippen molar-refractivity contribution in [3.63, 3.8) is 0 Å². The second-order valence-electron chi connectivity index (χ2n) is 4.94. The van der Waals surface area contributed by atoms with Crippen molar-refractivity contribution >= 4 is 9.84 Å². The molecule has 6 heteroatoms. The van der Waals surface area contributed by atoms with Crippen LogP contribution >= 0.6 is 0 Å². The van der Waals surface area contributed by atoms with E-state index in [1.165, 1.54) is 0 Å². The van der Waals surface area contributed by atoms with E-state index in [0.717, 1.165) is 39.1 Å². The molecule has 0 amide bonds. The van der Waals surface area contributed by atoms with Crippen LogP contribution in [0.15, 0.2) is 0 Å². The van der Waals surface area contributed by atoms with E-state index in [1.807, 2.05) is 0 Å². The highest BCUT2D eigenvalue weighted by Gasteiger charge is 2.21. The molecule has 1 unspecified atom stereocenters. The van der Waals surface area contributed by atoms with Gasteiger partial charge in [-0.3, -0.25) is 4.90 Å². The molecule has 0 radical (unpaired) electrons. The molecule has 0 spiro atoms. The minimum absolute atomic E-state index is 0.307. The zero-order valence-electron chi connectivity index (χ0n) is 11.5. The molecule has 0 aromatic rings. The molecule has 18 heavy (non-hydrogen) atoms. The summed E-state index contributed by atoms with van der Waals surface area (Å²) in [5.41, 5.74) is 0. The topological polar surface area (TPSA) is 58.6 Å². The number of ether oxygens (including phenoxy) is 1. The minimum atomic E-state index is -2.80. The molecule has 1 atom stereocenters. The van der Waals surface area contributed by atoms with Crippen molar-refractivity contribution in [1.29, 1.82) is 0 Å². The first-order chi connectivity index (χ1) is 8.55. The standard InChI is InChI=1S/C12H26N2O3S/c1-12(11-13-5-3-8-17-2)14-6-4-9-18(15,16)10-7-14/h12-13H,3-11H2,1-2H3. The first-order valence-corrected chi connectivity index (χ1v) is 8.51. The molecule has 0 saturated carbocycles. The summed E-state index contributed by atoms with van der Waals surface area (Å²) in [6.45, 7) is 6.35. The van der Waals surface area contributed by atoms with Crippen molar-refractivity contribution in [2.45, 2.75) is 25.8 Å². The number of methoxy groups -OCH3 is 1. The lowest BCUT2D eigenvalue weighted by Crippen LogP contribution is -2.42. The SMILES string of the molecule is COCCCNCC(C)N1CCCS(=O)(=O)CC1. The molecular weight excluding hydrogens is 252 g/mol. The van der Waals surface area contributed by atoms with Crippen LogP contribution in [-0.2, 0) is 14.6 Å². The molecule has 1 saturated heterocycles. The summed E-state index contributed by atoms with van der Waals surface area (Å²) in [4.78, 5) is 2.27. The normalized spacial score (nSPS) is 22.6. The van der Waals surface area contributed by atoms with Gasteiger partial charge in [-0.25, -0.2) is 8.42 Å². The molecule has 108 valence electrons. The molecule has 1 rings (SSSR count). The maximum atomic E-state index is 11.5. The van der Waals surface area contributed by atoms with Crippen molar-refractivity contribution in [2.75, 3.05) is 51.4 Å². The molecule has 1 heterocycles. The predicted octanol–water partition coefficient (Wildman–Crippen LogP) is 0.122. The molecule has 0 aromatic carbocycles. The fourth-order valence-corrected chi connectivity index (χ4v) is 3.47. The number of hydrogen-bond acceptors (Lipinski definition) is 5. The van der Waals surface area contributed by atoms with Crippen LogP contribution in [0.4, 0.5) is 0 Å². The Morgan fingerprint density at radius 3 is 2.83 bits per heavy atom. The lowest BCUT2D eigenvalue weighted by atomic mass is 10.2. The van der Waals surface area contributed by atoms with Gasteiger partial charge < -0.3 is 10.1 Å². The molecular formula is C12H26N2O3S. The number of hydrogen-bond donors (Lipinski definition) is 1. The van der Waals surface area contributed by atoms with Crippen LogP contribution in [-0.4, -0.2) is 70.8 Å². The Bertz CT molecular complexity index is 319. The molecule has 1 aliphatic heterocycles. The number of nitrogens with zero attached hydrogens (tertiary/aromatic N) is 1. The van der Waals surface area contributed by atoms with Crippen LogP contribution in [0, 0.1) is 0 Å². The van der Waals surface area contributed by atoms with Crippen LogP contribution in [0.2, 0.25) is 0 Å². The summed E-state index contributed by atoms with van der Waals surface area (Å²) < 4.78 is 28.0. The molecule has 5 nitrogen and oxygen atoms in total. The summed E-state index contributed by atoms with van der Waals surface area (Å²) in [5, 5.41) is 3.39. The van der Waals surface area contributed by atoms with Gasteiger partial charge in [0.1, 0.15) is 0 Å². The number of nitrogens with one attached hydrogen (secondary N) is 1. The molecule has 1 aliphatic rings. The van der Waals surface area contributed by atoms with E-state index >= 15 is 0 Å². The number of sulfone groups is 1. The van der Waals surface area contributed by atoms with Gasteiger partial charge in [0.2, 0.25) is 0 Å². The largest absolute Gasteiger partial charge is 0.385 e. The van der Waals surface area contributed by atoms with Gasteiger partial charge in [0.15, 0.2) is 9.84 Å². The quantitative estimate of drug-likeness (QED) is 0.671. The predicted molar refractivity (Wildman–Crippen MR) is 73.7 cm³/mol. The Balaban J connectivity index is 2.22. The Kier molecular flexibility index (Phi) is 7.14. The van der Waals surface area contributed by atoms with Crippen molar-refractivity contribution < 1.29 is 13.2 Å². The summed E-state index contributed by atoms with van der Waals surface area (Å²) in [6.07, 6.45) is 1.77. The van der Waals surface area contributed by atoms with E-state index in [4.69, 9.17) is 4.74 Å². The third-order valence-electron chi connectivity index (χ3n) is 3.36. The average molecular weight is 278 g/mol. The smallest absolute Gasteiger partial charge is 0.151 e. The van der Waals surface area contributed by atoms with E-state index in [1.54, 1.807) is 7.11 Å². The van der Waals surface area contributed by atoms with Gasteiger partial charge in [0.05, 0.1) is 11.5 Å². The van der Waals surface area contributed by atoms with Gasteiger partial charge in [-0.05, 0) is 32.9 Å². The summed E-state index contributed by atoms with van der Waals surface area (Å²) in [7, 11) is -1.09. The van der Waals surface area contributed by atoms with E-state index < -0.39 is 9.84 Å². The molecule has 0 aliphatic carbocycles. The molecule has 1 fully saturated rings. The lowest BCUT2D eigenvalue weighted by Gasteiger charge is -2.27. The van der Waals surface area contributed by atoms with Crippen molar-refractivity contribution in [3.05, 3.63) is 0 Å². The summed E-state index contributed by atoms with van der Waals surface area (Å²) >= 11 is 0. The number of rotatable bonds is 7. The Morgan fingerprint density at radius 1 is 1.33 bits per heavy atom. The highest BCUT2D eigenvalue weighted by Crippen LogP contribution is 2.08. The zero-order valence-corrected chi connectivity index (χ0v) is 12.3. The zero-order chi connectivity index (χ0) is 13.4. The van der Waals surface area contributed by atoms with Crippen LogP contribution < -0.4 is 5.32 Å². The van der Waals surface area contributed by atoms with E-state index in [0.29, 0.717) is 24.1 Å². The summed E-state index contributed by atoms with van der Waals surface area (Å²) in [5.74, 6) is 0.651. The third-order valence-corrected chi connectivity index (χ3v) is 5.07. The molecule has 0 aromatic heterocycles. The highest BCUT2D eigenvalue weighted by atomic mass is 32.2. The second kappa shape index (κ2) is 8.09. The molecule has 1 N–H and O–H groups in total. The molecule has 0 bridgehead atoms. The second-order valence-corrected chi connectivity index (χ2v) is 7.24. The van der Waals surface area contributed by atoms with Gasteiger partial charge in [0.25, 0.3) is 0 Å². The van der Waals surface area contributed by atoms with Crippen LogP contribution in [0.1, 0.15) is 19.8 Å². The van der Waals surface area contributed by atoms with Gasteiger partial charge in [-0.15, -0.1) is 0 Å². The van der Waals surface area contributed by atoms with Crippen molar-refractivity contribution in [1.82, 2.24) is 10.2 Å². The first-order valence-electron chi connectivity index (χ1n) is 6.69. The Hall–Kier alpha value is -0.170. The maximum Gasteiger partial charge on any atom is 0.151 e. The summed E-state index contributed by atoms with van der Waals surface area (Å²) in [6, 6.07) is 0.390. The van der Waals surface area contributed by atoms with Gasteiger partial charge >= 0.3 is 0 Å².